The van der Waals surface area contributed by atoms with Gasteiger partial charge in [-0.05, 0) is 13.8 Å². The number of hydrogen-bond acceptors (Lipinski definition) is 4. The van der Waals surface area contributed by atoms with Crippen molar-refractivity contribution in [3.8, 4) is 0 Å². The Bertz CT molecular complexity index is 333. The lowest BCUT2D eigenvalue weighted by Crippen LogP contribution is -2.44. The second kappa shape index (κ2) is 4.93. The van der Waals surface area contributed by atoms with E-state index in [-0.39, 0.29) is 18.0 Å². The first-order valence-corrected chi connectivity index (χ1v) is 5.06. The van der Waals surface area contributed by atoms with Gasteiger partial charge in [-0.1, -0.05) is 12.1 Å². The Morgan fingerprint density at radius 3 is 2.80 bits per heavy atom. The molecule has 2 atom stereocenters. The van der Waals surface area contributed by atoms with Crippen LogP contribution in [0.15, 0.2) is 10.6 Å². The fourth-order valence-corrected chi connectivity index (χ4v) is 0.999. The number of hydrogen-bond donors (Lipinski definition) is 2. The number of amides is 1. The largest absolute Gasteiger partial charge is 0.361 e. The van der Waals surface area contributed by atoms with Gasteiger partial charge >= 0.3 is 0 Å². The predicted octanol–water partition coefficient (Wildman–Crippen LogP) is 0.703. The summed E-state index contributed by atoms with van der Waals surface area (Å²) in [5.41, 5.74) is 5.94. The molecule has 3 N–H and O–H groups in total. The highest BCUT2D eigenvalue weighted by atomic mass is 16.5. The molecule has 0 fully saturated rings. The van der Waals surface area contributed by atoms with Gasteiger partial charge < -0.3 is 15.6 Å². The average Bonchev–Trinajstić information content (AvgIpc) is 2.65. The summed E-state index contributed by atoms with van der Waals surface area (Å²) in [6.07, 6.45) is 0.725. The van der Waals surface area contributed by atoms with E-state index in [0.29, 0.717) is 11.5 Å². The SMILES string of the molecule is CCc1cc(C(=O)NC(C)C(C)N)no1. The number of carbonyl (C=O) groups excluding carboxylic acids is 1. The van der Waals surface area contributed by atoms with Crippen LogP contribution >= 0.6 is 0 Å². The van der Waals surface area contributed by atoms with Crippen molar-refractivity contribution >= 4 is 5.91 Å². The predicted molar refractivity (Wildman–Crippen MR) is 56.5 cm³/mol. The zero-order valence-corrected chi connectivity index (χ0v) is 9.28. The maximum absolute atomic E-state index is 11.6. The van der Waals surface area contributed by atoms with Gasteiger partial charge in [-0.2, -0.15) is 0 Å². The zero-order chi connectivity index (χ0) is 11.4. The van der Waals surface area contributed by atoms with Gasteiger partial charge in [-0.3, -0.25) is 4.79 Å². The number of nitrogens with two attached hydrogens (primary N) is 1. The van der Waals surface area contributed by atoms with Crippen LogP contribution in [0.1, 0.15) is 37.0 Å². The molecule has 1 rings (SSSR count). The molecule has 1 amide bonds. The standard InChI is InChI=1S/C10H17N3O2/c1-4-8-5-9(13-15-8)10(14)12-7(3)6(2)11/h5-7H,4,11H2,1-3H3,(H,12,14). The van der Waals surface area contributed by atoms with Crippen LogP contribution in [0.5, 0.6) is 0 Å². The van der Waals surface area contributed by atoms with Crippen LogP contribution in [0.2, 0.25) is 0 Å². The van der Waals surface area contributed by atoms with Gasteiger partial charge in [-0.15, -0.1) is 0 Å². The Morgan fingerprint density at radius 1 is 1.67 bits per heavy atom. The highest BCUT2D eigenvalue weighted by Gasteiger charge is 2.15. The van der Waals surface area contributed by atoms with Crippen molar-refractivity contribution in [1.82, 2.24) is 10.5 Å². The van der Waals surface area contributed by atoms with Crippen molar-refractivity contribution in [2.24, 2.45) is 5.73 Å². The van der Waals surface area contributed by atoms with E-state index in [4.69, 9.17) is 10.3 Å². The molecule has 1 aromatic heterocycles. The van der Waals surface area contributed by atoms with Crippen molar-refractivity contribution in [3.05, 3.63) is 17.5 Å². The van der Waals surface area contributed by atoms with Crippen LogP contribution < -0.4 is 11.1 Å². The molecule has 5 nitrogen and oxygen atoms in total. The summed E-state index contributed by atoms with van der Waals surface area (Å²) in [7, 11) is 0. The molecule has 0 radical (unpaired) electrons. The second-order valence-corrected chi connectivity index (χ2v) is 3.65. The molecule has 15 heavy (non-hydrogen) atoms. The Morgan fingerprint density at radius 2 is 2.33 bits per heavy atom. The van der Waals surface area contributed by atoms with Gasteiger partial charge in [0.25, 0.3) is 5.91 Å². The van der Waals surface area contributed by atoms with Crippen LogP contribution in [0.3, 0.4) is 0 Å². The Kier molecular flexibility index (Phi) is 3.85. The van der Waals surface area contributed by atoms with Gasteiger partial charge in [0, 0.05) is 24.6 Å². The lowest BCUT2D eigenvalue weighted by atomic mass is 10.2. The third-order valence-electron chi connectivity index (χ3n) is 2.29. The summed E-state index contributed by atoms with van der Waals surface area (Å²) in [6.45, 7) is 5.63. The topological polar surface area (TPSA) is 81.2 Å². The number of aryl methyl sites for hydroxylation is 1. The van der Waals surface area contributed by atoms with Crippen molar-refractivity contribution in [3.63, 3.8) is 0 Å². The van der Waals surface area contributed by atoms with E-state index in [1.807, 2.05) is 20.8 Å². The van der Waals surface area contributed by atoms with Crippen molar-refractivity contribution in [1.29, 1.82) is 0 Å². The maximum Gasteiger partial charge on any atom is 0.273 e. The molecule has 84 valence electrons. The number of carbonyl (C=O) groups is 1. The first kappa shape index (κ1) is 11.7. The quantitative estimate of drug-likeness (QED) is 0.768. The summed E-state index contributed by atoms with van der Waals surface area (Å²) in [5.74, 6) is 0.455. The summed E-state index contributed by atoms with van der Waals surface area (Å²) in [4.78, 5) is 11.6. The molecule has 0 aliphatic rings. The highest BCUT2D eigenvalue weighted by molar-refractivity contribution is 5.92. The molecule has 0 aliphatic heterocycles. The van der Waals surface area contributed by atoms with Crippen LogP contribution in [0.25, 0.3) is 0 Å². The molecule has 0 spiro atoms. The van der Waals surface area contributed by atoms with Gasteiger partial charge in [0.2, 0.25) is 0 Å². The molecule has 0 aliphatic carbocycles. The second-order valence-electron chi connectivity index (χ2n) is 3.65. The Balaban J connectivity index is 2.61. The summed E-state index contributed by atoms with van der Waals surface area (Å²) in [6, 6.07) is 1.47. The number of rotatable bonds is 4. The smallest absolute Gasteiger partial charge is 0.273 e. The van der Waals surface area contributed by atoms with E-state index in [9.17, 15) is 4.79 Å². The van der Waals surface area contributed by atoms with E-state index in [1.165, 1.54) is 0 Å². The van der Waals surface area contributed by atoms with Gasteiger partial charge in [-0.25, -0.2) is 0 Å². The van der Waals surface area contributed by atoms with E-state index in [0.717, 1.165) is 6.42 Å². The lowest BCUT2D eigenvalue weighted by Gasteiger charge is -2.16. The first-order chi connectivity index (χ1) is 7.04. The molecule has 0 aromatic carbocycles. The summed E-state index contributed by atoms with van der Waals surface area (Å²) in [5, 5.41) is 6.42. The summed E-state index contributed by atoms with van der Waals surface area (Å²) < 4.78 is 4.93. The number of nitrogens with zero attached hydrogens (tertiary/aromatic N) is 1. The highest BCUT2D eigenvalue weighted by Crippen LogP contribution is 2.04. The minimum absolute atomic E-state index is 0.0840. The van der Waals surface area contributed by atoms with Crippen LogP contribution in [0, 0.1) is 0 Å². The average molecular weight is 211 g/mol. The summed E-state index contributed by atoms with van der Waals surface area (Å²) >= 11 is 0. The Labute approximate surface area is 89.0 Å². The molecule has 0 saturated carbocycles. The molecule has 0 saturated heterocycles. The molecule has 0 bridgehead atoms. The normalized spacial score (nSPS) is 14.7. The first-order valence-electron chi connectivity index (χ1n) is 5.06. The maximum atomic E-state index is 11.6. The van der Waals surface area contributed by atoms with Gasteiger partial charge in [0.15, 0.2) is 5.69 Å². The minimum atomic E-state index is -0.247. The van der Waals surface area contributed by atoms with Crippen LogP contribution in [-0.2, 0) is 6.42 Å². The molecule has 1 heterocycles. The number of nitrogens with one attached hydrogen (secondary N) is 1. The molecule has 5 heteroatoms. The van der Waals surface area contributed by atoms with Crippen LogP contribution in [0.4, 0.5) is 0 Å². The van der Waals surface area contributed by atoms with E-state index in [2.05, 4.69) is 10.5 Å². The van der Waals surface area contributed by atoms with Crippen LogP contribution in [-0.4, -0.2) is 23.1 Å². The van der Waals surface area contributed by atoms with E-state index < -0.39 is 0 Å². The zero-order valence-electron chi connectivity index (χ0n) is 9.28. The van der Waals surface area contributed by atoms with Gasteiger partial charge in [0.05, 0.1) is 0 Å². The number of aromatic nitrogens is 1. The fourth-order valence-electron chi connectivity index (χ4n) is 0.999. The lowest BCUT2D eigenvalue weighted by molar-refractivity contribution is 0.0926. The molecule has 2 unspecified atom stereocenters. The van der Waals surface area contributed by atoms with Crippen molar-refractivity contribution in [2.75, 3.05) is 0 Å². The van der Waals surface area contributed by atoms with E-state index >= 15 is 0 Å². The fraction of sp³-hybridized carbons (Fsp3) is 0.600. The molecular weight excluding hydrogens is 194 g/mol. The van der Waals surface area contributed by atoms with Crippen molar-refractivity contribution < 1.29 is 9.32 Å². The minimum Gasteiger partial charge on any atom is -0.361 e. The third kappa shape index (κ3) is 3.06. The van der Waals surface area contributed by atoms with E-state index in [1.54, 1.807) is 6.07 Å². The van der Waals surface area contributed by atoms with Gasteiger partial charge in [0.1, 0.15) is 5.76 Å². The molecular formula is C10H17N3O2. The van der Waals surface area contributed by atoms with Crippen molar-refractivity contribution in [2.45, 2.75) is 39.3 Å². The molecule has 1 aromatic rings. The Hall–Kier alpha value is -1.36. The monoisotopic (exact) mass is 211 g/mol. The third-order valence-corrected chi connectivity index (χ3v) is 2.29.